The van der Waals surface area contributed by atoms with Crippen LogP contribution in [0.5, 0.6) is 11.5 Å². The monoisotopic (exact) mass is 527 g/mol. The van der Waals surface area contributed by atoms with Crippen LogP contribution < -0.4 is 20.3 Å². The molecule has 11 nitrogen and oxygen atoms in total. The number of ether oxygens (including phenoxy) is 3. The average molecular weight is 528 g/mol. The van der Waals surface area contributed by atoms with Crippen LogP contribution in [0.4, 0.5) is 16.2 Å². The van der Waals surface area contributed by atoms with Crippen molar-refractivity contribution in [2.45, 2.75) is 24.3 Å². The fourth-order valence-electron chi connectivity index (χ4n) is 4.89. The average Bonchev–Trinajstić information content (AvgIpc) is 3.68. The molecule has 4 atom stereocenters. The SMILES string of the molecule is CN(C)c1ccc(-c2nnnn2[C@H]2CO[C@H]3[C@@H]2OC[C@@H]3NC(=O)Nc2ccc(Oc3ccccc3)cc2)cc1. The highest BCUT2D eigenvalue weighted by Crippen LogP contribution is 2.36. The van der Waals surface area contributed by atoms with E-state index in [1.807, 2.05) is 73.6 Å². The second-order valence-corrected chi connectivity index (χ2v) is 9.70. The number of anilines is 2. The van der Waals surface area contributed by atoms with Crippen LogP contribution in [0.1, 0.15) is 6.04 Å². The van der Waals surface area contributed by atoms with Crippen molar-refractivity contribution < 1.29 is 19.0 Å². The van der Waals surface area contributed by atoms with Crippen LogP contribution in [0.15, 0.2) is 78.9 Å². The van der Waals surface area contributed by atoms with Crippen LogP contribution in [0.2, 0.25) is 0 Å². The van der Waals surface area contributed by atoms with Gasteiger partial charge in [0.05, 0.1) is 19.3 Å². The van der Waals surface area contributed by atoms with Gasteiger partial charge in [-0.25, -0.2) is 9.48 Å². The van der Waals surface area contributed by atoms with E-state index < -0.39 is 0 Å². The molecule has 0 aliphatic carbocycles. The smallest absolute Gasteiger partial charge is 0.319 e. The van der Waals surface area contributed by atoms with Crippen LogP contribution in [0, 0.1) is 0 Å². The highest BCUT2D eigenvalue weighted by Gasteiger charge is 2.50. The molecular weight excluding hydrogens is 498 g/mol. The molecular formula is C28H29N7O4. The zero-order chi connectivity index (χ0) is 26.8. The number of nitrogens with zero attached hydrogens (tertiary/aromatic N) is 5. The van der Waals surface area contributed by atoms with Crippen LogP contribution in [-0.4, -0.2) is 71.8 Å². The number of fused-ring (bicyclic) bond motifs is 1. The van der Waals surface area contributed by atoms with E-state index in [-0.39, 0.29) is 30.3 Å². The first kappa shape index (κ1) is 24.8. The highest BCUT2D eigenvalue weighted by molar-refractivity contribution is 5.89. The van der Waals surface area contributed by atoms with E-state index in [4.69, 9.17) is 14.2 Å². The number of tetrazole rings is 1. The lowest BCUT2D eigenvalue weighted by Gasteiger charge is -2.18. The Balaban J connectivity index is 1.06. The minimum absolute atomic E-state index is 0.208. The molecule has 2 N–H and O–H groups in total. The Labute approximate surface area is 225 Å². The van der Waals surface area contributed by atoms with Gasteiger partial charge in [-0.2, -0.15) is 0 Å². The number of hydrogen-bond donors (Lipinski definition) is 2. The maximum atomic E-state index is 12.8. The van der Waals surface area contributed by atoms with Crippen molar-refractivity contribution in [3.63, 3.8) is 0 Å². The lowest BCUT2D eigenvalue weighted by atomic mass is 10.1. The number of urea groups is 1. The van der Waals surface area contributed by atoms with E-state index in [9.17, 15) is 4.79 Å². The van der Waals surface area contributed by atoms with E-state index in [2.05, 4.69) is 26.2 Å². The molecule has 0 radical (unpaired) electrons. The summed E-state index contributed by atoms with van der Waals surface area (Å²) in [5.74, 6) is 2.07. The van der Waals surface area contributed by atoms with Gasteiger partial charge < -0.3 is 29.7 Å². The van der Waals surface area contributed by atoms with E-state index in [1.165, 1.54) is 0 Å². The lowest BCUT2D eigenvalue weighted by Crippen LogP contribution is -2.45. The number of carbonyl (C=O) groups is 1. The number of nitrogens with one attached hydrogen (secondary N) is 2. The second-order valence-electron chi connectivity index (χ2n) is 9.70. The van der Waals surface area contributed by atoms with Crippen molar-refractivity contribution in [1.82, 2.24) is 25.5 Å². The fraction of sp³-hybridized carbons (Fsp3) is 0.286. The van der Waals surface area contributed by atoms with Crippen molar-refractivity contribution in [2.24, 2.45) is 0 Å². The quantitative estimate of drug-likeness (QED) is 0.374. The normalized spacial score (nSPS) is 21.8. The summed E-state index contributed by atoms with van der Waals surface area (Å²) in [5.41, 5.74) is 2.64. The molecule has 200 valence electrons. The molecule has 2 aliphatic heterocycles. The van der Waals surface area contributed by atoms with Crippen LogP contribution >= 0.6 is 0 Å². The van der Waals surface area contributed by atoms with Gasteiger partial charge in [0.25, 0.3) is 0 Å². The van der Waals surface area contributed by atoms with Crippen molar-refractivity contribution in [2.75, 3.05) is 37.5 Å². The van der Waals surface area contributed by atoms with Gasteiger partial charge in [0.1, 0.15) is 29.7 Å². The fourth-order valence-corrected chi connectivity index (χ4v) is 4.89. The van der Waals surface area contributed by atoms with E-state index in [0.29, 0.717) is 30.5 Å². The molecule has 39 heavy (non-hydrogen) atoms. The molecule has 3 heterocycles. The summed E-state index contributed by atoms with van der Waals surface area (Å²) in [7, 11) is 3.99. The van der Waals surface area contributed by atoms with Crippen molar-refractivity contribution in [1.29, 1.82) is 0 Å². The topological polar surface area (TPSA) is 116 Å². The first-order valence-electron chi connectivity index (χ1n) is 12.7. The summed E-state index contributed by atoms with van der Waals surface area (Å²) < 4.78 is 19.7. The standard InChI is InChI=1S/C28H29N7O4/c1-34(2)20-12-8-18(9-13-20)27-31-32-33-35(27)24-17-38-25-23(16-37-26(24)25)30-28(36)29-19-10-14-22(15-11-19)39-21-6-4-3-5-7-21/h3-15,23-26H,16-17H2,1-2H3,(H2,29,30,36)/t23-,24-,25+,26+/m0/s1. The van der Waals surface area contributed by atoms with Gasteiger partial charge in [-0.15, -0.1) is 5.10 Å². The van der Waals surface area contributed by atoms with E-state index in [0.717, 1.165) is 17.0 Å². The molecule has 0 spiro atoms. The first-order chi connectivity index (χ1) is 19.0. The Kier molecular flexibility index (Phi) is 6.82. The molecule has 0 unspecified atom stereocenters. The molecule has 11 heteroatoms. The zero-order valence-electron chi connectivity index (χ0n) is 21.6. The third-order valence-corrected chi connectivity index (χ3v) is 6.88. The number of aromatic nitrogens is 4. The van der Waals surface area contributed by atoms with Crippen LogP contribution in [0.3, 0.4) is 0 Å². The molecule has 2 fully saturated rings. The van der Waals surface area contributed by atoms with Crippen molar-refractivity contribution in [3.05, 3.63) is 78.9 Å². The third-order valence-electron chi connectivity index (χ3n) is 6.88. The van der Waals surface area contributed by atoms with Crippen LogP contribution in [0.25, 0.3) is 11.4 Å². The molecule has 4 aromatic rings. The Morgan fingerprint density at radius 3 is 2.38 bits per heavy atom. The first-order valence-corrected chi connectivity index (χ1v) is 12.7. The number of benzene rings is 3. The predicted octanol–water partition coefficient (Wildman–Crippen LogP) is 3.73. The number of hydrogen-bond acceptors (Lipinski definition) is 8. The molecule has 3 aromatic carbocycles. The largest absolute Gasteiger partial charge is 0.457 e. The molecule has 2 aliphatic rings. The maximum Gasteiger partial charge on any atom is 0.319 e. The summed E-state index contributed by atoms with van der Waals surface area (Å²) in [6.07, 6.45) is -0.594. The van der Waals surface area contributed by atoms with Gasteiger partial charge in [0, 0.05) is 31.0 Å². The summed E-state index contributed by atoms with van der Waals surface area (Å²) >= 11 is 0. The summed E-state index contributed by atoms with van der Waals surface area (Å²) in [5, 5.41) is 18.3. The van der Waals surface area contributed by atoms with Crippen molar-refractivity contribution in [3.8, 4) is 22.9 Å². The number of amides is 2. The van der Waals surface area contributed by atoms with Gasteiger partial charge in [-0.1, -0.05) is 18.2 Å². The number of rotatable bonds is 7. The van der Waals surface area contributed by atoms with Gasteiger partial charge in [0.2, 0.25) is 0 Å². The lowest BCUT2D eigenvalue weighted by molar-refractivity contribution is 0.0624. The Morgan fingerprint density at radius 2 is 1.64 bits per heavy atom. The Hall–Kier alpha value is -4.48. The number of para-hydroxylation sites is 1. The van der Waals surface area contributed by atoms with Crippen molar-refractivity contribution >= 4 is 17.4 Å². The van der Waals surface area contributed by atoms with Gasteiger partial charge in [-0.05, 0) is 71.1 Å². The summed E-state index contributed by atoms with van der Waals surface area (Å²) in [6.45, 7) is 0.712. The van der Waals surface area contributed by atoms with E-state index >= 15 is 0 Å². The predicted molar refractivity (Wildman–Crippen MR) is 145 cm³/mol. The number of carbonyl (C=O) groups excluding carboxylic acids is 1. The minimum Gasteiger partial charge on any atom is -0.457 e. The zero-order valence-corrected chi connectivity index (χ0v) is 21.6. The molecule has 1 aromatic heterocycles. The summed E-state index contributed by atoms with van der Waals surface area (Å²) in [6, 6.07) is 23.9. The molecule has 2 amide bonds. The van der Waals surface area contributed by atoms with Crippen LogP contribution in [-0.2, 0) is 9.47 Å². The van der Waals surface area contributed by atoms with Gasteiger partial charge in [0.15, 0.2) is 5.82 Å². The molecule has 0 bridgehead atoms. The Bertz CT molecular complexity index is 1410. The second kappa shape index (κ2) is 10.7. The minimum atomic E-state index is -0.336. The maximum absolute atomic E-state index is 12.8. The summed E-state index contributed by atoms with van der Waals surface area (Å²) in [4.78, 5) is 14.8. The van der Waals surface area contributed by atoms with E-state index in [1.54, 1.807) is 28.9 Å². The Morgan fingerprint density at radius 1 is 0.923 bits per heavy atom. The molecule has 2 saturated heterocycles. The molecule has 6 rings (SSSR count). The third kappa shape index (κ3) is 5.27. The van der Waals surface area contributed by atoms with Gasteiger partial charge >= 0.3 is 6.03 Å². The highest BCUT2D eigenvalue weighted by atomic mass is 16.6. The van der Waals surface area contributed by atoms with Gasteiger partial charge in [-0.3, -0.25) is 0 Å². The molecule has 0 saturated carbocycles.